The molecule has 2 aromatic heterocycles. The highest BCUT2D eigenvalue weighted by Crippen LogP contribution is 2.06. The molecule has 0 amide bonds. The van der Waals surface area contributed by atoms with Crippen LogP contribution in [0.1, 0.15) is 16.8 Å². The lowest BCUT2D eigenvalue weighted by atomic mass is 10.1. The number of pyridine rings is 2. The van der Waals surface area contributed by atoms with E-state index in [9.17, 15) is 0 Å². The average molecular weight is 285 g/mol. The van der Waals surface area contributed by atoms with Crippen LogP contribution in [0.25, 0.3) is 0 Å². The van der Waals surface area contributed by atoms with Crippen LogP contribution in [0.2, 0.25) is 0 Å². The van der Waals surface area contributed by atoms with Gasteiger partial charge in [-0.15, -0.1) is 0 Å². The molecule has 2 rings (SSSR count). The minimum Gasteiger partial charge on any atom is -0.409 e. The number of amidine groups is 1. The van der Waals surface area contributed by atoms with Gasteiger partial charge in [-0.05, 0) is 48.9 Å². The Balaban J connectivity index is 1.92. The molecular weight excluding hydrogens is 266 g/mol. The Kier molecular flexibility index (Phi) is 5.22. The van der Waals surface area contributed by atoms with Gasteiger partial charge in [0.05, 0.1) is 0 Å². The van der Waals surface area contributed by atoms with Crippen LogP contribution in [0.5, 0.6) is 0 Å². The van der Waals surface area contributed by atoms with E-state index in [1.165, 1.54) is 5.56 Å². The molecule has 0 saturated carbocycles. The molecule has 6 nitrogen and oxygen atoms in total. The number of hydrogen-bond acceptors (Lipinski definition) is 5. The quantitative estimate of drug-likeness (QED) is 0.361. The summed E-state index contributed by atoms with van der Waals surface area (Å²) in [5.74, 6) is 0.0243. The molecule has 2 aromatic rings. The van der Waals surface area contributed by atoms with Crippen molar-refractivity contribution in [3.63, 3.8) is 0 Å². The zero-order chi connectivity index (χ0) is 15.1. The van der Waals surface area contributed by atoms with Crippen molar-refractivity contribution in [3.8, 4) is 0 Å². The number of oxime groups is 1. The Labute approximate surface area is 123 Å². The molecule has 2 heterocycles. The molecule has 6 heteroatoms. The SMILES string of the molecule is CN(CCc1ccncc1)Cc1ccnc(C(N)=NO)c1. The minimum absolute atomic E-state index is 0.0243. The Bertz CT molecular complexity index is 600. The molecule has 0 aliphatic heterocycles. The third-order valence-corrected chi connectivity index (χ3v) is 3.18. The second-order valence-electron chi connectivity index (χ2n) is 4.88. The summed E-state index contributed by atoms with van der Waals surface area (Å²) in [6, 6.07) is 7.81. The molecule has 0 aliphatic rings. The van der Waals surface area contributed by atoms with Crippen LogP contribution in [-0.4, -0.2) is 39.5 Å². The molecule has 0 bridgehead atoms. The van der Waals surface area contributed by atoms with Crippen molar-refractivity contribution >= 4 is 5.84 Å². The molecule has 21 heavy (non-hydrogen) atoms. The topological polar surface area (TPSA) is 87.6 Å². The zero-order valence-corrected chi connectivity index (χ0v) is 12.0. The van der Waals surface area contributed by atoms with E-state index >= 15 is 0 Å². The standard InChI is InChI=1S/C15H19N5O/c1-20(9-5-12-2-6-17-7-3-12)11-13-4-8-18-14(10-13)15(16)19-21/h2-4,6-8,10,21H,5,9,11H2,1H3,(H2,16,19). The molecule has 0 unspecified atom stereocenters. The average Bonchev–Trinajstić information content (AvgIpc) is 2.53. The predicted molar refractivity (Wildman–Crippen MR) is 81.0 cm³/mol. The smallest absolute Gasteiger partial charge is 0.188 e. The van der Waals surface area contributed by atoms with E-state index in [0.717, 1.165) is 25.1 Å². The van der Waals surface area contributed by atoms with Gasteiger partial charge in [-0.2, -0.15) is 0 Å². The number of rotatable bonds is 6. The van der Waals surface area contributed by atoms with E-state index < -0.39 is 0 Å². The van der Waals surface area contributed by atoms with Crippen molar-refractivity contribution in [2.45, 2.75) is 13.0 Å². The lowest BCUT2D eigenvalue weighted by Crippen LogP contribution is -2.21. The number of likely N-dealkylation sites (N-methyl/N-ethyl adjacent to an activating group) is 1. The summed E-state index contributed by atoms with van der Waals surface area (Å²) in [6.07, 6.45) is 6.25. The summed E-state index contributed by atoms with van der Waals surface area (Å²) in [4.78, 5) is 10.3. The van der Waals surface area contributed by atoms with Crippen molar-refractivity contribution in [3.05, 3.63) is 59.7 Å². The van der Waals surface area contributed by atoms with Crippen LogP contribution in [0, 0.1) is 0 Å². The van der Waals surface area contributed by atoms with Crippen LogP contribution in [-0.2, 0) is 13.0 Å². The Morgan fingerprint density at radius 2 is 1.95 bits per heavy atom. The van der Waals surface area contributed by atoms with Gasteiger partial charge in [-0.25, -0.2) is 0 Å². The van der Waals surface area contributed by atoms with E-state index in [4.69, 9.17) is 10.9 Å². The summed E-state index contributed by atoms with van der Waals surface area (Å²) in [5.41, 5.74) is 8.37. The van der Waals surface area contributed by atoms with E-state index in [-0.39, 0.29) is 5.84 Å². The number of nitrogens with zero attached hydrogens (tertiary/aromatic N) is 4. The van der Waals surface area contributed by atoms with Crippen molar-refractivity contribution in [2.75, 3.05) is 13.6 Å². The Hall–Kier alpha value is -2.47. The van der Waals surface area contributed by atoms with Gasteiger partial charge in [-0.1, -0.05) is 5.16 Å². The molecule has 0 spiro atoms. The van der Waals surface area contributed by atoms with E-state index in [1.54, 1.807) is 6.20 Å². The molecule has 0 atom stereocenters. The molecular formula is C15H19N5O. The molecule has 0 fully saturated rings. The zero-order valence-electron chi connectivity index (χ0n) is 12.0. The summed E-state index contributed by atoms with van der Waals surface area (Å²) in [6.45, 7) is 1.71. The first kappa shape index (κ1) is 14.9. The van der Waals surface area contributed by atoms with Crippen LogP contribution in [0.3, 0.4) is 0 Å². The van der Waals surface area contributed by atoms with Gasteiger partial charge in [0.2, 0.25) is 0 Å². The summed E-state index contributed by atoms with van der Waals surface area (Å²) >= 11 is 0. The second kappa shape index (κ2) is 7.35. The van der Waals surface area contributed by atoms with Crippen molar-refractivity contribution < 1.29 is 5.21 Å². The van der Waals surface area contributed by atoms with E-state index in [0.29, 0.717) is 5.69 Å². The van der Waals surface area contributed by atoms with Crippen molar-refractivity contribution in [1.29, 1.82) is 0 Å². The Morgan fingerprint density at radius 1 is 1.24 bits per heavy atom. The third-order valence-electron chi connectivity index (χ3n) is 3.18. The predicted octanol–water partition coefficient (Wildman–Crippen LogP) is 1.25. The maximum Gasteiger partial charge on any atom is 0.188 e. The van der Waals surface area contributed by atoms with Gasteiger partial charge in [0, 0.05) is 31.7 Å². The van der Waals surface area contributed by atoms with E-state index in [1.807, 2.05) is 36.7 Å². The number of aromatic nitrogens is 2. The summed E-state index contributed by atoms with van der Waals surface area (Å²) in [7, 11) is 2.06. The normalized spacial score (nSPS) is 11.8. The number of nitrogens with two attached hydrogens (primary N) is 1. The van der Waals surface area contributed by atoms with Gasteiger partial charge in [0.25, 0.3) is 0 Å². The lowest BCUT2D eigenvalue weighted by Gasteiger charge is -2.16. The van der Waals surface area contributed by atoms with Crippen LogP contribution in [0.15, 0.2) is 48.0 Å². The second-order valence-corrected chi connectivity index (χ2v) is 4.88. The Morgan fingerprint density at radius 3 is 2.67 bits per heavy atom. The largest absolute Gasteiger partial charge is 0.409 e. The highest BCUT2D eigenvalue weighted by molar-refractivity contribution is 5.95. The minimum atomic E-state index is 0.0243. The summed E-state index contributed by atoms with van der Waals surface area (Å²) in [5, 5.41) is 11.6. The first-order chi connectivity index (χ1) is 10.2. The first-order valence-corrected chi connectivity index (χ1v) is 6.69. The summed E-state index contributed by atoms with van der Waals surface area (Å²) < 4.78 is 0. The lowest BCUT2D eigenvalue weighted by molar-refractivity contribution is 0.318. The van der Waals surface area contributed by atoms with Gasteiger partial charge in [0.1, 0.15) is 5.69 Å². The molecule has 3 N–H and O–H groups in total. The fourth-order valence-corrected chi connectivity index (χ4v) is 2.02. The highest BCUT2D eigenvalue weighted by atomic mass is 16.4. The fraction of sp³-hybridized carbons (Fsp3) is 0.267. The molecule has 0 aliphatic carbocycles. The molecule has 110 valence electrons. The maximum absolute atomic E-state index is 8.68. The molecule has 0 radical (unpaired) electrons. The van der Waals surface area contributed by atoms with Gasteiger partial charge >= 0.3 is 0 Å². The fourth-order valence-electron chi connectivity index (χ4n) is 2.02. The van der Waals surface area contributed by atoms with Gasteiger partial charge in [0.15, 0.2) is 5.84 Å². The highest BCUT2D eigenvalue weighted by Gasteiger charge is 2.05. The molecule has 0 saturated heterocycles. The molecule has 0 aromatic carbocycles. The van der Waals surface area contributed by atoms with E-state index in [2.05, 4.69) is 27.1 Å². The van der Waals surface area contributed by atoms with Crippen molar-refractivity contribution in [1.82, 2.24) is 14.9 Å². The monoisotopic (exact) mass is 285 g/mol. The van der Waals surface area contributed by atoms with Crippen LogP contribution in [0.4, 0.5) is 0 Å². The first-order valence-electron chi connectivity index (χ1n) is 6.69. The van der Waals surface area contributed by atoms with Gasteiger partial charge in [-0.3, -0.25) is 9.97 Å². The van der Waals surface area contributed by atoms with Crippen LogP contribution < -0.4 is 5.73 Å². The number of hydrogen-bond donors (Lipinski definition) is 2. The van der Waals surface area contributed by atoms with Crippen molar-refractivity contribution in [2.24, 2.45) is 10.9 Å². The van der Waals surface area contributed by atoms with Gasteiger partial charge < -0.3 is 15.8 Å². The van der Waals surface area contributed by atoms with Crippen LogP contribution >= 0.6 is 0 Å². The maximum atomic E-state index is 8.68. The third kappa shape index (κ3) is 4.54.